The Morgan fingerprint density at radius 2 is 1.60 bits per heavy atom. The van der Waals surface area contributed by atoms with Gasteiger partial charge >= 0.3 is 17.9 Å². The van der Waals surface area contributed by atoms with Gasteiger partial charge in [0.15, 0.2) is 0 Å². The van der Waals surface area contributed by atoms with Gasteiger partial charge in [0.2, 0.25) is 6.10 Å². The molecule has 0 aromatic heterocycles. The van der Waals surface area contributed by atoms with Gasteiger partial charge in [-0.05, 0) is 18.1 Å². The predicted molar refractivity (Wildman–Crippen MR) is 91.8 cm³/mol. The fourth-order valence-electron chi connectivity index (χ4n) is 2.45. The second kappa shape index (κ2) is 8.78. The zero-order valence-electron chi connectivity index (χ0n) is 14.2. The van der Waals surface area contributed by atoms with Crippen LogP contribution in [0.25, 0.3) is 0 Å². The molecule has 0 aliphatic heterocycles. The number of ether oxygens (including phenoxy) is 2. The number of rotatable bonds is 6. The first-order valence-electron chi connectivity index (χ1n) is 8.09. The Morgan fingerprint density at radius 1 is 0.960 bits per heavy atom. The summed E-state index contributed by atoms with van der Waals surface area (Å²) in [7, 11) is 0. The van der Waals surface area contributed by atoms with Crippen LogP contribution in [0.3, 0.4) is 0 Å². The van der Waals surface area contributed by atoms with Crippen LogP contribution in [-0.2, 0) is 25.5 Å². The van der Waals surface area contributed by atoms with Gasteiger partial charge in [0.25, 0.3) is 0 Å². The van der Waals surface area contributed by atoms with Crippen LogP contribution in [0.5, 0.6) is 0 Å². The Hall–Kier alpha value is -2.95. The summed E-state index contributed by atoms with van der Waals surface area (Å²) in [5, 5.41) is 0. The van der Waals surface area contributed by atoms with Gasteiger partial charge in [-0.3, -0.25) is 4.79 Å². The maximum Gasteiger partial charge on any atom is 0.359 e. The number of carbonyl (C=O) groups excluding carboxylic acids is 3. The van der Waals surface area contributed by atoms with Gasteiger partial charge in [-0.15, -0.1) is 0 Å². The molecule has 0 bridgehead atoms. The van der Waals surface area contributed by atoms with Gasteiger partial charge in [0, 0.05) is 12.5 Å². The van der Waals surface area contributed by atoms with E-state index < -0.39 is 24.0 Å². The van der Waals surface area contributed by atoms with E-state index >= 15 is 0 Å². The molecule has 1 atom stereocenters. The third-order valence-corrected chi connectivity index (χ3v) is 3.54. The van der Waals surface area contributed by atoms with E-state index in [0.717, 1.165) is 25.3 Å². The molecular formula is C20H20O5. The lowest BCUT2D eigenvalue weighted by Gasteiger charge is -2.17. The molecule has 0 radical (unpaired) electrons. The van der Waals surface area contributed by atoms with Crippen LogP contribution in [-0.4, -0.2) is 17.9 Å². The van der Waals surface area contributed by atoms with E-state index in [2.05, 4.69) is 4.74 Å². The first-order chi connectivity index (χ1) is 12.0. The molecule has 0 saturated heterocycles. The smallest absolute Gasteiger partial charge is 0.359 e. The molecular weight excluding hydrogens is 320 g/mol. The van der Waals surface area contributed by atoms with Gasteiger partial charge in [-0.25, -0.2) is 9.59 Å². The van der Waals surface area contributed by atoms with Crippen LogP contribution >= 0.6 is 0 Å². The highest BCUT2D eigenvalue weighted by Crippen LogP contribution is 2.22. The molecule has 130 valence electrons. The van der Waals surface area contributed by atoms with E-state index in [1.54, 1.807) is 42.5 Å². The predicted octanol–water partition coefficient (Wildman–Crippen LogP) is 3.63. The molecule has 0 spiro atoms. The maximum absolute atomic E-state index is 12.6. The molecule has 1 unspecified atom stereocenters. The summed E-state index contributed by atoms with van der Waals surface area (Å²) < 4.78 is 10.0. The average Bonchev–Trinajstić information content (AvgIpc) is 2.60. The van der Waals surface area contributed by atoms with Crippen LogP contribution in [0.2, 0.25) is 0 Å². The molecule has 0 fully saturated rings. The quantitative estimate of drug-likeness (QED) is 0.593. The van der Waals surface area contributed by atoms with Crippen molar-refractivity contribution in [2.75, 3.05) is 0 Å². The van der Waals surface area contributed by atoms with Gasteiger partial charge in [-0.2, -0.15) is 0 Å². The van der Waals surface area contributed by atoms with Crippen LogP contribution in [0.15, 0.2) is 54.6 Å². The van der Waals surface area contributed by atoms with Crippen molar-refractivity contribution in [2.45, 2.75) is 32.8 Å². The monoisotopic (exact) mass is 340 g/mol. The lowest BCUT2D eigenvalue weighted by atomic mass is 10.0. The lowest BCUT2D eigenvalue weighted by Crippen LogP contribution is -2.24. The van der Waals surface area contributed by atoms with Crippen molar-refractivity contribution in [3.05, 3.63) is 71.3 Å². The summed E-state index contributed by atoms with van der Waals surface area (Å²) in [5.41, 5.74) is 1.69. The molecule has 2 aromatic carbocycles. The molecule has 0 amide bonds. The summed E-state index contributed by atoms with van der Waals surface area (Å²) in [6.07, 6.45) is 0.296. The number of hydrogen-bond acceptors (Lipinski definition) is 5. The van der Waals surface area contributed by atoms with E-state index in [1.165, 1.54) is 0 Å². The van der Waals surface area contributed by atoms with Gasteiger partial charge in [0.1, 0.15) is 0 Å². The fraction of sp³-hybridized carbons (Fsp3) is 0.250. The van der Waals surface area contributed by atoms with Crippen molar-refractivity contribution in [3.63, 3.8) is 0 Å². The Bertz CT molecular complexity index is 752. The van der Waals surface area contributed by atoms with Crippen molar-refractivity contribution < 1.29 is 23.9 Å². The number of hydrogen-bond donors (Lipinski definition) is 0. The van der Waals surface area contributed by atoms with Crippen LogP contribution in [0.1, 0.15) is 47.9 Å². The van der Waals surface area contributed by atoms with E-state index in [1.807, 2.05) is 19.1 Å². The van der Waals surface area contributed by atoms with E-state index in [4.69, 9.17) is 4.74 Å². The zero-order valence-corrected chi connectivity index (χ0v) is 14.2. The normalized spacial score (nSPS) is 11.4. The Labute approximate surface area is 146 Å². The van der Waals surface area contributed by atoms with Crippen LogP contribution in [0, 0.1) is 0 Å². The highest BCUT2D eigenvalue weighted by molar-refractivity contribution is 5.94. The Morgan fingerprint density at radius 3 is 2.24 bits per heavy atom. The van der Waals surface area contributed by atoms with Gasteiger partial charge < -0.3 is 9.47 Å². The van der Waals surface area contributed by atoms with Crippen molar-refractivity contribution in [1.29, 1.82) is 0 Å². The molecule has 0 saturated carbocycles. The fourth-order valence-corrected chi connectivity index (χ4v) is 2.45. The highest BCUT2D eigenvalue weighted by Gasteiger charge is 2.28. The van der Waals surface area contributed by atoms with E-state index in [-0.39, 0.29) is 0 Å². The second-order valence-electron chi connectivity index (χ2n) is 5.52. The van der Waals surface area contributed by atoms with Gasteiger partial charge in [-0.1, -0.05) is 61.9 Å². The maximum atomic E-state index is 12.6. The zero-order chi connectivity index (χ0) is 18.2. The minimum atomic E-state index is -1.30. The van der Waals surface area contributed by atoms with E-state index in [9.17, 15) is 14.4 Å². The van der Waals surface area contributed by atoms with Crippen LogP contribution in [0.4, 0.5) is 0 Å². The molecule has 5 nitrogen and oxygen atoms in total. The summed E-state index contributed by atoms with van der Waals surface area (Å²) >= 11 is 0. The van der Waals surface area contributed by atoms with Crippen LogP contribution < -0.4 is 0 Å². The number of carbonyl (C=O) groups is 3. The highest BCUT2D eigenvalue weighted by atomic mass is 16.6. The number of aryl methyl sites for hydroxylation is 1. The molecule has 0 heterocycles. The molecule has 5 heteroatoms. The number of benzene rings is 2. The second-order valence-corrected chi connectivity index (χ2v) is 5.52. The summed E-state index contributed by atoms with van der Waals surface area (Å²) in [6.45, 7) is 3.14. The Kier molecular flexibility index (Phi) is 6.46. The van der Waals surface area contributed by atoms with Crippen molar-refractivity contribution >= 4 is 17.9 Å². The largest absolute Gasteiger partial charge is 0.442 e. The average molecular weight is 340 g/mol. The molecule has 2 aromatic rings. The summed E-state index contributed by atoms with van der Waals surface area (Å²) in [6, 6.07) is 15.6. The topological polar surface area (TPSA) is 69.7 Å². The molecule has 25 heavy (non-hydrogen) atoms. The van der Waals surface area contributed by atoms with E-state index in [0.29, 0.717) is 11.1 Å². The van der Waals surface area contributed by atoms with Crippen molar-refractivity contribution in [1.82, 2.24) is 0 Å². The molecule has 2 rings (SSSR count). The standard InChI is InChI=1S/C20H20O5/c1-3-9-15-10-7-8-13-17(15)19(22)25-18(20(23)24-14(2)21)16-11-5-4-6-12-16/h4-8,10-13,18H,3,9H2,1-2H3. The third-order valence-electron chi connectivity index (χ3n) is 3.54. The molecule has 0 N–H and O–H groups in total. The summed E-state index contributed by atoms with van der Waals surface area (Å²) in [4.78, 5) is 35.9. The minimum absolute atomic E-state index is 0.404. The first-order valence-corrected chi connectivity index (χ1v) is 8.09. The number of esters is 3. The summed E-state index contributed by atoms with van der Waals surface area (Å²) in [5.74, 6) is -2.30. The molecule has 0 aliphatic rings. The third kappa shape index (κ3) is 5.01. The minimum Gasteiger partial charge on any atom is -0.442 e. The Balaban J connectivity index is 2.29. The lowest BCUT2D eigenvalue weighted by molar-refractivity contribution is -0.165. The molecule has 0 aliphatic carbocycles. The SMILES string of the molecule is CCCc1ccccc1C(=O)OC(C(=O)OC(C)=O)c1ccccc1. The van der Waals surface area contributed by atoms with Gasteiger partial charge in [0.05, 0.1) is 5.56 Å². The van der Waals surface area contributed by atoms with Crippen molar-refractivity contribution in [2.24, 2.45) is 0 Å². The van der Waals surface area contributed by atoms with Crippen molar-refractivity contribution in [3.8, 4) is 0 Å². The first kappa shape index (κ1) is 18.4.